The van der Waals surface area contributed by atoms with Crippen LogP contribution in [0.3, 0.4) is 0 Å². The van der Waals surface area contributed by atoms with Crippen molar-refractivity contribution in [3.05, 3.63) is 0 Å². The van der Waals surface area contributed by atoms with Gasteiger partial charge < -0.3 is 204 Å². The SMILES string of the molecule is O=C[C@H](O)[C@@H](O)[C@H](O[C@H]1O[C@H](CO)[C@@H](O[C@H]2O[C@H](CO)[C@@H](O[C@H]3O[C@H](CO)[C@@H](O[C@H]4O[C@H](CO)[C@@H](O[C@H]5O[C@H](CO)[C@@H](O[C@H]6O[C@H](CO)[C@@H](O[C@H]7O[C@H](CO)[C@@H](O)[C@H](O)[C@H]7O)[C@H](O)[C@H]6O)[C@H](O)[C@H]5O)[C@H](O)[C@H]4O)[C@H](O)[C@H]3O)[C@H](O)[C@H]2O)[C@H](O)[C@H]1O)[C@H](O)CO. The summed E-state index contributed by atoms with van der Waals surface area (Å²) in [6.45, 7) is -8.41. The number of ether oxygens (including phenoxy) is 14. The van der Waals surface area contributed by atoms with Gasteiger partial charge in [0.2, 0.25) is 0 Å². The van der Waals surface area contributed by atoms with E-state index < -0.39 is 292 Å². The second-order valence-corrected chi connectivity index (χ2v) is 22.0. The number of hydrogen-bond acceptors (Lipinski definition) is 41. The third-order valence-corrected chi connectivity index (χ3v) is 16.2. The van der Waals surface area contributed by atoms with Gasteiger partial charge in [-0.2, -0.15) is 0 Å². The molecule has 7 fully saturated rings. The van der Waals surface area contributed by atoms with Crippen LogP contribution in [0.4, 0.5) is 0 Å². The monoisotopic (exact) mass is 1310 g/mol. The molecule has 0 amide bonds. The standard InChI is InChI=1S/C48H82O41/c49-1-10(58)19(60)35(11(59)2-50)83-43-29(70)22(63)37(13(4-52)77-43)85-45-31(72)24(65)39(15(6-54)79-45)87-47-33(74)26(67)41(17(8-56)81-47)89-48-34(75)27(68)40(18(9-57)82-48)88-46-32(73)25(66)38(16(7-55)80-46)86-44-30(71)23(64)36(14(5-53)78-44)84-42-28(69)21(62)20(61)12(3-51)76-42/h1,10-48,50-75H,2-9H2/t10-,11+,12+,13+,14+,15+,16+,17+,18+,19+,20+,21-,22+,23+,24+,25+,26+,27+,28+,29+,30+,31+,32+,33+,34+,35+,36+,37+,38+,39+,40+,41+,42+,43+,44+,45+,46+,47+,48+/m0/s1. The minimum absolute atomic E-state index is 0.140. The van der Waals surface area contributed by atoms with Gasteiger partial charge in [-0.05, 0) is 0 Å². The van der Waals surface area contributed by atoms with Crippen molar-refractivity contribution in [3.8, 4) is 0 Å². The molecule has 0 aromatic rings. The first-order valence-electron chi connectivity index (χ1n) is 27.9. The Hall–Kier alpha value is -1.93. The van der Waals surface area contributed by atoms with Crippen molar-refractivity contribution in [2.75, 3.05) is 52.9 Å². The quantitative estimate of drug-likeness (QED) is 0.0358. The molecule has 7 rings (SSSR count). The second kappa shape index (κ2) is 32.7. The largest absolute Gasteiger partial charge is 0.394 e. The van der Waals surface area contributed by atoms with E-state index in [1.165, 1.54) is 0 Å². The fourth-order valence-electron chi connectivity index (χ4n) is 11.0. The molecule has 0 aliphatic carbocycles. The summed E-state index contributed by atoms with van der Waals surface area (Å²) in [5, 5.41) is 276. The van der Waals surface area contributed by atoms with E-state index in [1.807, 2.05) is 0 Å². The molecule has 7 aliphatic heterocycles. The third-order valence-electron chi connectivity index (χ3n) is 16.2. The van der Waals surface area contributed by atoms with E-state index in [1.54, 1.807) is 0 Å². The van der Waals surface area contributed by atoms with E-state index in [9.17, 15) is 138 Å². The molecule has 26 N–H and O–H groups in total. The molecule has 7 heterocycles. The molecule has 0 spiro atoms. The number of rotatable bonds is 26. The third kappa shape index (κ3) is 15.8. The molecule has 0 aromatic heterocycles. The minimum Gasteiger partial charge on any atom is -0.394 e. The van der Waals surface area contributed by atoms with Gasteiger partial charge in [0.1, 0.15) is 195 Å². The Morgan fingerprint density at radius 3 is 0.730 bits per heavy atom. The van der Waals surface area contributed by atoms with E-state index in [4.69, 9.17) is 66.3 Å². The molecule has 520 valence electrons. The fraction of sp³-hybridized carbons (Fsp3) is 0.979. The van der Waals surface area contributed by atoms with E-state index in [0.29, 0.717) is 0 Å². The average molecular weight is 1320 g/mol. The van der Waals surface area contributed by atoms with Crippen LogP contribution >= 0.6 is 0 Å². The number of aliphatic hydroxyl groups is 26. The van der Waals surface area contributed by atoms with Gasteiger partial charge in [0.25, 0.3) is 0 Å². The summed E-state index contributed by atoms with van der Waals surface area (Å²) in [4.78, 5) is 11.1. The first kappa shape index (κ1) is 74.5. The summed E-state index contributed by atoms with van der Waals surface area (Å²) in [6.07, 6.45) is -78.7. The minimum atomic E-state index is -2.28. The average Bonchev–Trinajstić information content (AvgIpc) is 2.22. The molecular formula is C48H82O41. The highest BCUT2D eigenvalue weighted by atomic mass is 16.8. The van der Waals surface area contributed by atoms with Crippen LogP contribution in [0.5, 0.6) is 0 Å². The summed E-state index contributed by atoms with van der Waals surface area (Å²) in [5.41, 5.74) is 0. The zero-order valence-corrected chi connectivity index (χ0v) is 46.5. The van der Waals surface area contributed by atoms with Crippen LogP contribution in [0.15, 0.2) is 0 Å². The maximum absolute atomic E-state index is 11.4. The highest BCUT2D eigenvalue weighted by Gasteiger charge is 2.59. The summed E-state index contributed by atoms with van der Waals surface area (Å²) in [7, 11) is 0. The number of aldehydes is 1. The van der Waals surface area contributed by atoms with Crippen molar-refractivity contribution in [1.82, 2.24) is 0 Å². The van der Waals surface area contributed by atoms with Gasteiger partial charge in [-0.1, -0.05) is 0 Å². The van der Waals surface area contributed by atoms with Crippen LogP contribution in [0.1, 0.15) is 0 Å². The van der Waals surface area contributed by atoms with Gasteiger partial charge >= 0.3 is 0 Å². The van der Waals surface area contributed by atoms with Crippen LogP contribution in [-0.4, -0.2) is 431 Å². The number of hydrogen-bond donors (Lipinski definition) is 26. The van der Waals surface area contributed by atoms with Gasteiger partial charge in [-0.15, -0.1) is 0 Å². The predicted molar refractivity (Wildman–Crippen MR) is 266 cm³/mol. The van der Waals surface area contributed by atoms with Gasteiger partial charge in [-0.25, -0.2) is 0 Å². The number of aliphatic hydroxyl groups excluding tert-OH is 26. The van der Waals surface area contributed by atoms with Crippen molar-refractivity contribution >= 4 is 6.29 Å². The van der Waals surface area contributed by atoms with E-state index >= 15 is 0 Å². The lowest BCUT2D eigenvalue weighted by molar-refractivity contribution is -0.398. The molecule has 0 unspecified atom stereocenters. The number of carbonyl (C=O) groups is 1. The molecule has 0 radical (unpaired) electrons. The maximum atomic E-state index is 11.4. The Morgan fingerprint density at radius 1 is 0.292 bits per heavy atom. The first-order chi connectivity index (χ1) is 42.2. The van der Waals surface area contributed by atoms with Gasteiger partial charge in [0.05, 0.1) is 52.9 Å². The molecule has 41 heteroatoms. The zero-order valence-electron chi connectivity index (χ0n) is 46.5. The van der Waals surface area contributed by atoms with Crippen molar-refractivity contribution in [2.24, 2.45) is 0 Å². The van der Waals surface area contributed by atoms with E-state index in [-0.39, 0.29) is 6.29 Å². The van der Waals surface area contributed by atoms with E-state index in [2.05, 4.69) is 0 Å². The lowest BCUT2D eigenvalue weighted by Gasteiger charge is -2.50. The molecule has 41 nitrogen and oxygen atoms in total. The smallest absolute Gasteiger partial charge is 0.187 e. The lowest BCUT2D eigenvalue weighted by atomic mass is 9.95. The van der Waals surface area contributed by atoms with Crippen molar-refractivity contribution in [1.29, 1.82) is 0 Å². The highest BCUT2D eigenvalue weighted by Crippen LogP contribution is 2.38. The number of carbonyl (C=O) groups excluding carboxylic acids is 1. The molecule has 7 saturated heterocycles. The molecule has 39 atom stereocenters. The van der Waals surface area contributed by atoms with Crippen LogP contribution in [0.2, 0.25) is 0 Å². The maximum Gasteiger partial charge on any atom is 0.187 e. The summed E-state index contributed by atoms with van der Waals surface area (Å²) < 4.78 is 77.9. The van der Waals surface area contributed by atoms with Crippen LogP contribution in [0.25, 0.3) is 0 Å². The zero-order chi connectivity index (χ0) is 65.8. The Labute approximate surface area is 501 Å². The van der Waals surface area contributed by atoms with Gasteiger partial charge in [0, 0.05) is 0 Å². The topological polar surface area (TPSA) is 672 Å². The molecule has 89 heavy (non-hydrogen) atoms. The normalized spacial score (nSPS) is 49.8. The van der Waals surface area contributed by atoms with Crippen LogP contribution in [0, 0.1) is 0 Å². The van der Waals surface area contributed by atoms with Crippen LogP contribution in [-0.2, 0) is 71.1 Å². The molecule has 0 bridgehead atoms. The molecule has 7 aliphatic rings. The highest BCUT2D eigenvalue weighted by molar-refractivity contribution is 5.56. The van der Waals surface area contributed by atoms with Crippen LogP contribution < -0.4 is 0 Å². The molecule has 0 saturated carbocycles. The first-order valence-corrected chi connectivity index (χ1v) is 27.9. The second-order valence-electron chi connectivity index (χ2n) is 22.0. The summed E-state index contributed by atoms with van der Waals surface area (Å²) >= 11 is 0. The lowest BCUT2D eigenvalue weighted by Crippen LogP contribution is -2.68. The Morgan fingerprint density at radius 2 is 0.506 bits per heavy atom. The van der Waals surface area contributed by atoms with E-state index in [0.717, 1.165) is 0 Å². The summed E-state index contributed by atoms with van der Waals surface area (Å²) in [5.74, 6) is 0. The Bertz CT molecular complexity index is 2100. The van der Waals surface area contributed by atoms with Gasteiger partial charge in [0.15, 0.2) is 50.3 Å². The Kier molecular flexibility index (Phi) is 27.3. The van der Waals surface area contributed by atoms with Crippen molar-refractivity contribution in [2.45, 2.75) is 239 Å². The van der Waals surface area contributed by atoms with Gasteiger partial charge in [-0.3, -0.25) is 0 Å². The fourth-order valence-corrected chi connectivity index (χ4v) is 11.0. The molecule has 0 aromatic carbocycles. The molecular weight excluding hydrogens is 1230 g/mol. The Balaban J connectivity index is 0.940. The van der Waals surface area contributed by atoms with Crippen molar-refractivity contribution in [3.63, 3.8) is 0 Å². The predicted octanol–water partition coefficient (Wildman–Crippen LogP) is -18.6. The summed E-state index contributed by atoms with van der Waals surface area (Å²) in [6, 6.07) is 0. The van der Waals surface area contributed by atoms with Crippen molar-refractivity contribution < 1.29 is 204 Å².